The molecule has 1 aliphatic carbocycles. The Balaban J connectivity index is 1.71. The van der Waals surface area contributed by atoms with E-state index in [0.29, 0.717) is 11.1 Å². The zero-order chi connectivity index (χ0) is 15.1. The van der Waals surface area contributed by atoms with Gasteiger partial charge in [0.2, 0.25) is 5.91 Å². The molecule has 2 fully saturated rings. The van der Waals surface area contributed by atoms with Crippen molar-refractivity contribution in [1.82, 2.24) is 15.6 Å². The van der Waals surface area contributed by atoms with Gasteiger partial charge < -0.3 is 10.4 Å². The van der Waals surface area contributed by atoms with Crippen molar-refractivity contribution >= 4 is 16.8 Å². The van der Waals surface area contributed by atoms with Gasteiger partial charge in [0, 0.05) is 29.2 Å². The second kappa shape index (κ2) is 5.25. The van der Waals surface area contributed by atoms with Crippen LogP contribution in [0, 0.1) is 0 Å². The molecule has 2 heterocycles. The summed E-state index contributed by atoms with van der Waals surface area (Å²) in [6, 6.07) is 7.45. The highest BCUT2D eigenvalue weighted by Crippen LogP contribution is 2.34. The van der Waals surface area contributed by atoms with Gasteiger partial charge in [0.15, 0.2) is 0 Å². The monoisotopic (exact) mass is 297 g/mol. The van der Waals surface area contributed by atoms with Gasteiger partial charge in [-0.25, -0.2) is 0 Å². The minimum atomic E-state index is -0.509. The van der Waals surface area contributed by atoms with Crippen LogP contribution in [-0.2, 0) is 4.79 Å². The van der Waals surface area contributed by atoms with E-state index in [9.17, 15) is 9.90 Å². The number of hydrogen-bond acceptors (Lipinski definition) is 4. The Bertz CT molecular complexity index is 731. The molecule has 1 saturated carbocycles. The van der Waals surface area contributed by atoms with Crippen LogP contribution in [0.2, 0.25) is 0 Å². The maximum Gasteiger partial charge on any atom is 0.242 e. The quantitative estimate of drug-likeness (QED) is 0.753. The molecule has 0 bridgehead atoms. The Morgan fingerprint density at radius 1 is 1.14 bits per heavy atom. The van der Waals surface area contributed by atoms with Crippen molar-refractivity contribution in [3.05, 3.63) is 36.0 Å². The molecule has 1 aliphatic heterocycles. The van der Waals surface area contributed by atoms with E-state index in [4.69, 9.17) is 0 Å². The van der Waals surface area contributed by atoms with E-state index in [1.807, 2.05) is 24.3 Å². The first-order chi connectivity index (χ1) is 10.7. The number of aromatic nitrogens is 1. The highest BCUT2D eigenvalue weighted by Gasteiger charge is 2.38. The maximum atomic E-state index is 12.4. The topological polar surface area (TPSA) is 74.2 Å². The summed E-state index contributed by atoms with van der Waals surface area (Å²) in [5.74, 6) is 0.0359. The van der Waals surface area contributed by atoms with E-state index < -0.39 is 6.04 Å². The summed E-state index contributed by atoms with van der Waals surface area (Å²) < 4.78 is 0. The minimum absolute atomic E-state index is 0.0614. The van der Waals surface area contributed by atoms with Crippen molar-refractivity contribution < 1.29 is 9.90 Å². The number of phenolic OH excluding ortho intramolecular Hbond substituents is 1. The Hall–Kier alpha value is -2.14. The number of nitrogens with zero attached hydrogens (tertiary/aromatic N) is 1. The van der Waals surface area contributed by atoms with E-state index in [1.165, 1.54) is 12.8 Å². The van der Waals surface area contributed by atoms with Gasteiger partial charge in [-0.05, 0) is 18.9 Å². The number of rotatable bonds is 1. The minimum Gasteiger partial charge on any atom is -0.505 e. The third-order valence-electron chi connectivity index (χ3n) is 4.83. The molecule has 0 spiro atoms. The number of aromatic hydroxyl groups is 1. The van der Waals surface area contributed by atoms with Gasteiger partial charge in [-0.2, -0.15) is 0 Å². The molecule has 114 valence electrons. The largest absolute Gasteiger partial charge is 0.505 e. The third kappa shape index (κ3) is 2.13. The zero-order valence-corrected chi connectivity index (χ0v) is 12.2. The molecular formula is C17H19N3O2. The normalized spacial score (nSPS) is 28.2. The number of piperazine rings is 1. The Kier molecular flexibility index (Phi) is 3.22. The molecule has 1 saturated heterocycles. The lowest BCUT2D eigenvalue weighted by molar-refractivity contribution is -0.127. The Morgan fingerprint density at radius 2 is 1.95 bits per heavy atom. The number of pyridine rings is 1. The first-order valence-corrected chi connectivity index (χ1v) is 7.87. The molecule has 3 N–H and O–H groups in total. The fraction of sp³-hybridized carbons (Fsp3) is 0.412. The Labute approximate surface area is 128 Å². The first kappa shape index (κ1) is 13.5. The smallest absolute Gasteiger partial charge is 0.242 e. The van der Waals surface area contributed by atoms with Gasteiger partial charge in [-0.15, -0.1) is 0 Å². The number of carbonyl (C=O) groups excluding carboxylic acids is 1. The van der Waals surface area contributed by atoms with Gasteiger partial charge in [0.25, 0.3) is 0 Å². The number of nitrogens with one attached hydrogen (secondary N) is 2. The number of amides is 1. The molecule has 2 aromatic rings. The van der Waals surface area contributed by atoms with Crippen molar-refractivity contribution in [2.45, 2.75) is 43.8 Å². The molecule has 5 nitrogen and oxygen atoms in total. The van der Waals surface area contributed by atoms with Crippen LogP contribution in [0.3, 0.4) is 0 Å². The molecule has 0 unspecified atom stereocenters. The summed E-state index contributed by atoms with van der Waals surface area (Å²) >= 11 is 0. The fourth-order valence-electron chi connectivity index (χ4n) is 3.67. The number of phenols is 1. The summed E-state index contributed by atoms with van der Waals surface area (Å²) in [5, 5.41) is 17.9. The molecule has 3 atom stereocenters. The molecule has 4 rings (SSSR count). The highest BCUT2D eigenvalue weighted by molar-refractivity contribution is 5.90. The lowest BCUT2D eigenvalue weighted by Crippen LogP contribution is -2.61. The van der Waals surface area contributed by atoms with Crippen molar-refractivity contribution in [3.63, 3.8) is 0 Å². The third-order valence-corrected chi connectivity index (χ3v) is 4.83. The van der Waals surface area contributed by atoms with Crippen LogP contribution in [0.5, 0.6) is 5.75 Å². The molecule has 2 aliphatic rings. The summed E-state index contributed by atoms with van der Waals surface area (Å²) in [6.07, 6.45) is 6.09. The molecule has 1 amide bonds. The van der Waals surface area contributed by atoms with Crippen molar-refractivity contribution in [2.24, 2.45) is 0 Å². The predicted octanol–water partition coefficient (Wildman–Crippen LogP) is 2.01. The molecule has 22 heavy (non-hydrogen) atoms. The molecule has 5 heteroatoms. The van der Waals surface area contributed by atoms with Gasteiger partial charge in [0.05, 0.1) is 0 Å². The van der Waals surface area contributed by atoms with Crippen LogP contribution in [0.25, 0.3) is 10.9 Å². The summed E-state index contributed by atoms with van der Waals surface area (Å²) in [5.41, 5.74) is 1.15. The van der Waals surface area contributed by atoms with Gasteiger partial charge in [0.1, 0.15) is 17.3 Å². The van der Waals surface area contributed by atoms with Crippen molar-refractivity contribution in [1.29, 1.82) is 0 Å². The molecular weight excluding hydrogens is 278 g/mol. The summed E-state index contributed by atoms with van der Waals surface area (Å²) in [6.45, 7) is 0. The fourth-order valence-corrected chi connectivity index (χ4v) is 3.67. The van der Waals surface area contributed by atoms with Crippen LogP contribution in [-0.4, -0.2) is 28.1 Å². The standard InChI is InChI=1S/C17H19N3O2/c21-16-11(8-7-10-4-3-9-18-14(10)16)15-17(22)20-13-6-2-1-5-12(13)19-15/h3-4,7-9,12-13,15,19,21H,1-2,5-6H2,(H,20,22)/t12-,13-,15+/m0/s1. The van der Waals surface area contributed by atoms with Crippen LogP contribution in [0.4, 0.5) is 0 Å². The average molecular weight is 297 g/mol. The summed E-state index contributed by atoms with van der Waals surface area (Å²) in [7, 11) is 0. The van der Waals surface area contributed by atoms with Crippen LogP contribution in [0.15, 0.2) is 30.5 Å². The van der Waals surface area contributed by atoms with Crippen LogP contribution < -0.4 is 10.6 Å². The van der Waals surface area contributed by atoms with Crippen LogP contribution >= 0.6 is 0 Å². The van der Waals surface area contributed by atoms with E-state index in [1.54, 1.807) is 6.20 Å². The number of benzene rings is 1. The molecule has 1 aromatic carbocycles. The van der Waals surface area contributed by atoms with E-state index >= 15 is 0 Å². The number of fused-ring (bicyclic) bond motifs is 2. The number of carbonyl (C=O) groups is 1. The van der Waals surface area contributed by atoms with E-state index in [-0.39, 0.29) is 23.7 Å². The highest BCUT2D eigenvalue weighted by atomic mass is 16.3. The second-order valence-electron chi connectivity index (χ2n) is 6.18. The van der Waals surface area contributed by atoms with E-state index in [2.05, 4.69) is 15.6 Å². The molecule has 0 radical (unpaired) electrons. The summed E-state index contributed by atoms with van der Waals surface area (Å²) in [4.78, 5) is 16.7. The lowest BCUT2D eigenvalue weighted by Gasteiger charge is -2.40. The lowest BCUT2D eigenvalue weighted by atomic mass is 9.86. The zero-order valence-electron chi connectivity index (χ0n) is 12.2. The van der Waals surface area contributed by atoms with Crippen LogP contribution in [0.1, 0.15) is 37.3 Å². The van der Waals surface area contributed by atoms with Crippen molar-refractivity contribution in [2.75, 3.05) is 0 Å². The van der Waals surface area contributed by atoms with Gasteiger partial charge >= 0.3 is 0 Å². The van der Waals surface area contributed by atoms with Gasteiger partial charge in [-0.1, -0.05) is 31.0 Å². The molecule has 1 aromatic heterocycles. The number of hydrogen-bond donors (Lipinski definition) is 3. The maximum absolute atomic E-state index is 12.4. The van der Waals surface area contributed by atoms with Crippen molar-refractivity contribution in [3.8, 4) is 5.75 Å². The van der Waals surface area contributed by atoms with Gasteiger partial charge in [-0.3, -0.25) is 15.1 Å². The second-order valence-corrected chi connectivity index (χ2v) is 6.18. The Morgan fingerprint density at radius 3 is 2.82 bits per heavy atom. The first-order valence-electron chi connectivity index (χ1n) is 7.87. The predicted molar refractivity (Wildman–Crippen MR) is 83.5 cm³/mol. The SMILES string of the molecule is O=C1N[C@H]2CCCC[C@@H]2N[C@@H]1c1ccc2cccnc2c1O. The average Bonchev–Trinajstić information content (AvgIpc) is 2.55. The van der Waals surface area contributed by atoms with E-state index in [0.717, 1.165) is 18.2 Å².